The van der Waals surface area contributed by atoms with Crippen molar-refractivity contribution in [1.29, 1.82) is 5.26 Å². The average Bonchev–Trinajstić information content (AvgIpc) is 2.71. The SMILES string of the molecule is N#Cc1cc(CNCC2CCS(=O)(=O)C2)ccc1F. The molecule has 1 heterocycles. The van der Waals surface area contributed by atoms with Gasteiger partial charge in [-0.05, 0) is 36.6 Å². The number of hydrogen-bond donors (Lipinski definition) is 1. The van der Waals surface area contributed by atoms with E-state index in [1.165, 1.54) is 12.1 Å². The van der Waals surface area contributed by atoms with Gasteiger partial charge in [0.25, 0.3) is 0 Å². The highest BCUT2D eigenvalue weighted by Gasteiger charge is 2.27. The molecule has 1 aliphatic heterocycles. The van der Waals surface area contributed by atoms with E-state index >= 15 is 0 Å². The highest BCUT2D eigenvalue weighted by atomic mass is 32.2. The van der Waals surface area contributed by atoms with Crippen molar-refractivity contribution < 1.29 is 12.8 Å². The topological polar surface area (TPSA) is 70.0 Å². The molecule has 0 saturated carbocycles. The smallest absolute Gasteiger partial charge is 0.150 e. The van der Waals surface area contributed by atoms with Crippen LogP contribution in [0.1, 0.15) is 17.5 Å². The number of nitrogens with one attached hydrogen (secondary N) is 1. The molecule has 1 unspecified atom stereocenters. The number of nitriles is 1. The normalized spacial score (nSPS) is 21.2. The number of halogens is 1. The van der Waals surface area contributed by atoms with Gasteiger partial charge in [-0.3, -0.25) is 0 Å². The zero-order chi connectivity index (χ0) is 13.9. The van der Waals surface area contributed by atoms with Crippen molar-refractivity contribution in [3.8, 4) is 6.07 Å². The van der Waals surface area contributed by atoms with Crippen molar-refractivity contribution in [2.45, 2.75) is 13.0 Å². The van der Waals surface area contributed by atoms with Crippen molar-refractivity contribution in [3.05, 3.63) is 35.1 Å². The minimum atomic E-state index is -2.84. The highest BCUT2D eigenvalue weighted by Crippen LogP contribution is 2.17. The van der Waals surface area contributed by atoms with E-state index in [4.69, 9.17) is 5.26 Å². The Kier molecular flexibility index (Phi) is 4.17. The summed E-state index contributed by atoms with van der Waals surface area (Å²) in [6, 6.07) is 6.20. The molecule has 1 fully saturated rings. The van der Waals surface area contributed by atoms with E-state index in [-0.39, 0.29) is 23.0 Å². The molecule has 0 amide bonds. The molecule has 19 heavy (non-hydrogen) atoms. The quantitative estimate of drug-likeness (QED) is 0.901. The molecule has 0 aromatic heterocycles. The van der Waals surface area contributed by atoms with Crippen molar-refractivity contribution in [1.82, 2.24) is 5.32 Å². The van der Waals surface area contributed by atoms with Gasteiger partial charge in [-0.2, -0.15) is 5.26 Å². The Morgan fingerprint density at radius 3 is 2.89 bits per heavy atom. The molecule has 4 nitrogen and oxygen atoms in total. The third kappa shape index (κ3) is 3.75. The second-order valence-electron chi connectivity index (χ2n) is 4.83. The van der Waals surface area contributed by atoms with E-state index in [0.29, 0.717) is 19.5 Å². The van der Waals surface area contributed by atoms with Crippen LogP contribution in [-0.4, -0.2) is 26.5 Å². The lowest BCUT2D eigenvalue weighted by molar-refractivity contribution is 0.520. The lowest BCUT2D eigenvalue weighted by Crippen LogP contribution is -2.23. The summed E-state index contributed by atoms with van der Waals surface area (Å²) >= 11 is 0. The van der Waals surface area contributed by atoms with Crippen LogP contribution in [0, 0.1) is 23.1 Å². The van der Waals surface area contributed by atoms with Crippen molar-refractivity contribution >= 4 is 9.84 Å². The Morgan fingerprint density at radius 2 is 2.26 bits per heavy atom. The van der Waals surface area contributed by atoms with Crippen LogP contribution in [0.5, 0.6) is 0 Å². The summed E-state index contributed by atoms with van der Waals surface area (Å²) in [5.74, 6) is 0.149. The van der Waals surface area contributed by atoms with E-state index in [2.05, 4.69) is 5.32 Å². The minimum absolute atomic E-state index is 0.0303. The fourth-order valence-corrected chi connectivity index (χ4v) is 4.08. The maximum atomic E-state index is 13.1. The first-order valence-electron chi connectivity index (χ1n) is 6.10. The first-order chi connectivity index (χ1) is 9.00. The molecule has 1 aliphatic rings. The Morgan fingerprint density at radius 1 is 1.47 bits per heavy atom. The molecular formula is C13H15FN2O2S. The van der Waals surface area contributed by atoms with Gasteiger partial charge in [0, 0.05) is 6.54 Å². The number of rotatable bonds is 4. The third-order valence-corrected chi connectivity index (χ3v) is 5.08. The van der Waals surface area contributed by atoms with Gasteiger partial charge in [-0.1, -0.05) is 6.07 Å². The highest BCUT2D eigenvalue weighted by molar-refractivity contribution is 7.91. The number of nitrogens with zero attached hydrogens (tertiary/aromatic N) is 1. The molecule has 0 radical (unpaired) electrons. The van der Waals surface area contributed by atoms with E-state index in [9.17, 15) is 12.8 Å². The lowest BCUT2D eigenvalue weighted by atomic mass is 10.1. The maximum Gasteiger partial charge on any atom is 0.150 e. The number of benzene rings is 1. The average molecular weight is 282 g/mol. The molecule has 1 atom stereocenters. The second kappa shape index (κ2) is 5.68. The summed E-state index contributed by atoms with van der Waals surface area (Å²) in [5, 5.41) is 11.9. The first-order valence-corrected chi connectivity index (χ1v) is 7.92. The summed E-state index contributed by atoms with van der Waals surface area (Å²) < 4.78 is 35.7. The molecule has 1 aromatic rings. The van der Waals surface area contributed by atoms with Gasteiger partial charge in [0.2, 0.25) is 0 Å². The molecule has 0 spiro atoms. The van der Waals surface area contributed by atoms with Crippen LogP contribution in [0.2, 0.25) is 0 Å². The zero-order valence-electron chi connectivity index (χ0n) is 10.4. The summed E-state index contributed by atoms with van der Waals surface area (Å²) in [4.78, 5) is 0. The zero-order valence-corrected chi connectivity index (χ0v) is 11.2. The van der Waals surface area contributed by atoms with Crippen molar-refractivity contribution in [2.75, 3.05) is 18.1 Å². The van der Waals surface area contributed by atoms with Gasteiger partial charge < -0.3 is 5.32 Å². The molecule has 2 rings (SSSR count). The molecule has 1 saturated heterocycles. The van der Waals surface area contributed by atoms with E-state index in [1.54, 1.807) is 12.1 Å². The molecule has 6 heteroatoms. The van der Waals surface area contributed by atoms with Gasteiger partial charge in [-0.25, -0.2) is 12.8 Å². The summed E-state index contributed by atoms with van der Waals surface area (Å²) in [5.41, 5.74) is 0.849. The Hall–Kier alpha value is -1.45. The maximum absolute atomic E-state index is 13.1. The summed E-state index contributed by atoms with van der Waals surface area (Å²) in [6.45, 7) is 1.13. The second-order valence-corrected chi connectivity index (χ2v) is 7.05. The Labute approximate surface area is 112 Å². The molecular weight excluding hydrogens is 267 g/mol. The van der Waals surface area contributed by atoms with Crippen LogP contribution >= 0.6 is 0 Å². The molecule has 0 aliphatic carbocycles. The summed E-state index contributed by atoms with van der Waals surface area (Å²) in [6.07, 6.45) is 0.697. The van der Waals surface area contributed by atoms with Crippen LogP contribution in [0.15, 0.2) is 18.2 Å². The molecule has 102 valence electrons. The monoisotopic (exact) mass is 282 g/mol. The molecule has 0 bridgehead atoms. The first kappa shape index (κ1) is 14.0. The standard InChI is InChI=1S/C13H15FN2O2S/c14-13-2-1-10(5-12(13)6-15)7-16-8-11-3-4-19(17,18)9-11/h1-2,5,11,16H,3-4,7-9H2. The molecule has 1 N–H and O–H groups in total. The van der Waals surface area contributed by atoms with E-state index in [1.807, 2.05) is 0 Å². The minimum Gasteiger partial charge on any atom is -0.312 e. The van der Waals surface area contributed by atoms with Gasteiger partial charge in [0.1, 0.15) is 11.9 Å². The fourth-order valence-electron chi connectivity index (χ4n) is 2.22. The van der Waals surface area contributed by atoms with E-state index in [0.717, 1.165) is 5.56 Å². The number of hydrogen-bond acceptors (Lipinski definition) is 4. The van der Waals surface area contributed by atoms with Crippen LogP contribution in [0.4, 0.5) is 4.39 Å². The van der Waals surface area contributed by atoms with Crippen LogP contribution in [0.25, 0.3) is 0 Å². The predicted octanol–water partition coefficient (Wildman–Crippen LogP) is 1.22. The third-order valence-electron chi connectivity index (χ3n) is 3.24. The van der Waals surface area contributed by atoms with Crippen molar-refractivity contribution in [2.24, 2.45) is 5.92 Å². The Balaban J connectivity index is 1.85. The summed E-state index contributed by atoms with van der Waals surface area (Å²) in [7, 11) is -2.84. The van der Waals surface area contributed by atoms with Crippen LogP contribution in [-0.2, 0) is 16.4 Å². The Bertz CT molecular complexity index is 608. The van der Waals surface area contributed by atoms with Crippen molar-refractivity contribution in [3.63, 3.8) is 0 Å². The number of sulfone groups is 1. The molecule has 1 aromatic carbocycles. The lowest BCUT2D eigenvalue weighted by Gasteiger charge is -2.09. The predicted molar refractivity (Wildman–Crippen MR) is 69.6 cm³/mol. The van der Waals surface area contributed by atoms with Gasteiger partial charge in [-0.15, -0.1) is 0 Å². The van der Waals surface area contributed by atoms with Crippen LogP contribution < -0.4 is 5.32 Å². The van der Waals surface area contributed by atoms with E-state index < -0.39 is 15.7 Å². The van der Waals surface area contributed by atoms with Gasteiger partial charge in [0.15, 0.2) is 9.84 Å². The van der Waals surface area contributed by atoms with Gasteiger partial charge >= 0.3 is 0 Å². The fraction of sp³-hybridized carbons (Fsp3) is 0.462. The van der Waals surface area contributed by atoms with Crippen LogP contribution in [0.3, 0.4) is 0 Å². The largest absolute Gasteiger partial charge is 0.312 e. The van der Waals surface area contributed by atoms with Gasteiger partial charge in [0.05, 0.1) is 17.1 Å².